The van der Waals surface area contributed by atoms with E-state index < -0.39 is 0 Å². The fourth-order valence-electron chi connectivity index (χ4n) is 1.37. The van der Waals surface area contributed by atoms with Crippen molar-refractivity contribution in [3.63, 3.8) is 0 Å². The van der Waals surface area contributed by atoms with Crippen LogP contribution < -0.4 is 0 Å². The van der Waals surface area contributed by atoms with Gasteiger partial charge in [-0.1, -0.05) is 13.8 Å². The standard InChI is InChI=1S/C10H19N3/c1-4-12(5-2)6-7-13-9-10(3)8-11-13/h8-9H,4-7H2,1-3H3. The number of hydrogen-bond donors (Lipinski definition) is 0. The Bertz CT molecular complexity index is 238. The zero-order valence-electron chi connectivity index (χ0n) is 8.82. The van der Waals surface area contributed by atoms with Gasteiger partial charge in [0.05, 0.1) is 12.7 Å². The third kappa shape index (κ3) is 3.19. The molecule has 3 heteroatoms. The van der Waals surface area contributed by atoms with Crippen LogP contribution in [0.15, 0.2) is 12.4 Å². The lowest BCUT2D eigenvalue weighted by atomic mass is 10.4. The molecule has 0 radical (unpaired) electrons. The lowest BCUT2D eigenvalue weighted by Gasteiger charge is -2.17. The molecule has 0 fully saturated rings. The highest BCUT2D eigenvalue weighted by Crippen LogP contribution is 1.95. The molecule has 0 N–H and O–H groups in total. The second-order valence-corrected chi connectivity index (χ2v) is 3.31. The van der Waals surface area contributed by atoms with E-state index in [1.54, 1.807) is 0 Å². The summed E-state index contributed by atoms with van der Waals surface area (Å²) in [6.45, 7) is 10.8. The summed E-state index contributed by atoms with van der Waals surface area (Å²) in [5.41, 5.74) is 1.24. The predicted molar refractivity (Wildman–Crippen MR) is 54.8 cm³/mol. The van der Waals surface area contributed by atoms with E-state index >= 15 is 0 Å². The molecule has 0 aliphatic heterocycles. The van der Waals surface area contributed by atoms with Gasteiger partial charge in [-0.3, -0.25) is 4.68 Å². The van der Waals surface area contributed by atoms with Crippen LogP contribution in [0, 0.1) is 6.92 Å². The van der Waals surface area contributed by atoms with Gasteiger partial charge in [0.15, 0.2) is 0 Å². The van der Waals surface area contributed by atoms with E-state index in [2.05, 4.69) is 37.0 Å². The van der Waals surface area contributed by atoms with Crippen LogP contribution in [0.2, 0.25) is 0 Å². The van der Waals surface area contributed by atoms with Crippen molar-refractivity contribution in [2.45, 2.75) is 27.3 Å². The largest absolute Gasteiger partial charge is 0.302 e. The molecule has 0 aromatic carbocycles. The van der Waals surface area contributed by atoms with Crippen LogP contribution in [0.5, 0.6) is 0 Å². The van der Waals surface area contributed by atoms with E-state index in [4.69, 9.17) is 0 Å². The maximum Gasteiger partial charge on any atom is 0.0536 e. The summed E-state index contributed by atoms with van der Waals surface area (Å²) in [5, 5.41) is 4.25. The number of nitrogens with zero attached hydrogens (tertiary/aromatic N) is 3. The maximum absolute atomic E-state index is 4.25. The first-order chi connectivity index (χ1) is 6.26. The van der Waals surface area contributed by atoms with Gasteiger partial charge in [-0.25, -0.2) is 0 Å². The van der Waals surface area contributed by atoms with Crippen LogP contribution in [0.1, 0.15) is 19.4 Å². The normalized spacial score (nSPS) is 11.1. The average molecular weight is 181 g/mol. The summed E-state index contributed by atoms with van der Waals surface area (Å²) < 4.78 is 2.01. The SMILES string of the molecule is CCN(CC)CCn1cc(C)cn1. The Morgan fingerprint density at radius 3 is 2.54 bits per heavy atom. The van der Waals surface area contributed by atoms with E-state index in [-0.39, 0.29) is 0 Å². The van der Waals surface area contributed by atoms with E-state index in [0.29, 0.717) is 0 Å². The summed E-state index contributed by atoms with van der Waals surface area (Å²) >= 11 is 0. The molecule has 0 unspecified atom stereocenters. The second kappa shape index (κ2) is 5.02. The van der Waals surface area contributed by atoms with Crippen LogP contribution in [0.4, 0.5) is 0 Å². The number of hydrogen-bond acceptors (Lipinski definition) is 2. The lowest BCUT2D eigenvalue weighted by molar-refractivity contribution is 0.285. The molecule has 0 atom stereocenters. The van der Waals surface area contributed by atoms with E-state index in [0.717, 1.165) is 26.2 Å². The first-order valence-electron chi connectivity index (χ1n) is 4.97. The Morgan fingerprint density at radius 2 is 2.08 bits per heavy atom. The molecule has 0 aliphatic carbocycles. The summed E-state index contributed by atoms with van der Waals surface area (Å²) in [4.78, 5) is 2.40. The van der Waals surface area contributed by atoms with Crippen LogP contribution in [-0.4, -0.2) is 34.3 Å². The van der Waals surface area contributed by atoms with Gasteiger partial charge in [0.1, 0.15) is 0 Å². The zero-order valence-corrected chi connectivity index (χ0v) is 8.82. The van der Waals surface area contributed by atoms with Crippen molar-refractivity contribution >= 4 is 0 Å². The Hall–Kier alpha value is -0.830. The molecule has 0 saturated carbocycles. The van der Waals surface area contributed by atoms with Gasteiger partial charge < -0.3 is 4.90 Å². The summed E-state index contributed by atoms with van der Waals surface area (Å²) in [7, 11) is 0. The van der Waals surface area contributed by atoms with E-state index in [9.17, 15) is 0 Å². The topological polar surface area (TPSA) is 21.1 Å². The first-order valence-corrected chi connectivity index (χ1v) is 4.97. The Morgan fingerprint density at radius 1 is 1.38 bits per heavy atom. The molecule has 3 nitrogen and oxygen atoms in total. The van der Waals surface area contributed by atoms with Crippen LogP contribution in [-0.2, 0) is 6.54 Å². The minimum Gasteiger partial charge on any atom is -0.302 e. The Balaban J connectivity index is 2.33. The van der Waals surface area contributed by atoms with Gasteiger partial charge in [-0.2, -0.15) is 5.10 Å². The zero-order chi connectivity index (χ0) is 9.68. The average Bonchev–Trinajstić information content (AvgIpc) is 2.53. The van der Waals surface area contributed by atoms with Gasteiger partial charge >= 0.3 is 0 Å². The van der Waals surface area contributed by atoms with Gasteiger partial charge in [0, 0.05) is 12.7 Å². The van der Waals surface area contributed by atoms with Crippen molar-refractivity contribution in [2.75, 3.05) is 19.6 Å². The minimum absolute atomic E-state index is 0.996. The quantitative estimate of drug-likeness (QED) is 0.687. The molecule has 0 saturated heterocycles. The molecule has 1 rings (SSSR count). The summed E-state index contributed by atoms with van der Waals surface area (Å²) in [5.74, 6) is 0. The van der Waals surface area contributed by atoms with Crippen LogP contribution in [0.3, 0.4) is 0 Å². The summed E-state index contributed by atoms with van der Waals surface area (Å²) in [6.07, 6.45) is 3.99. The third-order valence-electron chi connectivity index (χ3n) is 2.30. The number of aromatic nitrogens is 2. The lowest BCUT2D eigenvalue weighted by Crippen LogP contribution is -2.27. The van der Waals surface area contributed by atoms with Crippen molar-refractivity contribution in [1.29, 1.82) is 0 Å². The highest BCUT2D eigenvalue weighted by molar-refractivity contribution is 4.99. The van der Waals surface area contributed by atoms with E-state index in [1.165, 1.54) is 5.56 Å². The minimum atomic E-state index is 0.996. The van der Waals surface area contributed by atoms with Gasteiger partial charge in [0.2, 0.25) is 0 Å². The molecule has 1 heterocycles. The van der Waals surface area contributed by atoms with Crippen molar-refractivity contribution < 1.29 is 0 Å². The Labute approximate surface area is 80.4 Å². The molecule has 0 aliphatic rings. The first kappa shape index (κ1) is 10.3. The van der Waals surface area contributed by atoms with Gasteiger partial charge in [0.25, 0.3) is 0 Å². The molecule has 1 aromatic heterocycles. The highest BCUT2D eigenvalue weighted by Gasteiger charge is 1.99. The Kier molecular flexibility index (Phi) is 3.96. The highest BCUT2D eigenvalue weighted by atomic mass is 15.3. The molecule has 1 aromatic rings. The molecule has 13 heavy (non-hydrogen) atoms. The van der Waals surface area contributed by atoms with E-state index in [1.807, 2.05) is 10.9 Å². The molecule has 0 bridgehead atoms. The van der Waals surface area contributed by atoms with Gasteiger partial charge in [-0.15, -0.1) is 0 Å². The smallest absolute Gasteiger partial charge is 0.0536 e. The monoisotopic (exact) mass is 181 g/mol. The fraction of sp³-hybridized carbons (Fsp3) is 0.700. The number of likely N-dealkylation sites (N-methyl/N-ethyl adjacent to an activating group) is 1. The second-order valence-electron chi connectivity index (χ2n) is 3.31. The number of aryl methyl sites for hydroxylation is 1. The molecular formula is C10H19N3. The third-order valence-corrected chi connectivity index (χ3v) is 2.30. The molecule has 0 spiro atoms. The fourth-order valence-corrected chi connectivity index (χ4v) is 1.37. The van der Waals surface area contributed by atoms with Gasteiger partial charge in [-0.05, 0) is 25.6 Å². The molecule has 0 amide bonds. The van der Waals surface area contributed by atoms with Crippen molar-refractivity contribution in [3.05, 3.63) is 18.0 Å². The molecule has 74 valence electrons. The molecular weight excluding hydrogens is 162 g/mol. The van der Waals surface area contributed by atoms with Crippen molar-refractivity contribution in [1.82, 2.24) is 14.7 Å². The van der Waals surface area contributed by atoms with Crippen LogP contribution in [0.25, 0.3) is 0 Å². The number of rotatable bonds is 5. The predicted octanol–water partition coefficient (Wildman–Crippen LogP) is 1.53. The van der Waals surface area contributed by atoms with Crippen molar-refractivity contribution in [2.24, 2.45) is 0 Å². The van der Waals surface area contributed by atoms with Crippen LogP contribution >= 0.6 is 0 Å². The summed E-state index contributed by atoms with van der Waals surface area (Å²) in [6, 6.07) is 0. The maximum atomic E-state index is 4.25. The van der Waals surface area contributed by atoms with Crippen molar-refractivity contribution in [3.8, 4) is 0 Å².